The van der Waals surface area contributed by atoms with E-state index in [4.69, 9.17) is 0 Å². The average molecular weight is 290 g/mol. The highest BCUT2D eigenvalue weighted by molar-refractivity contribution is 7.91. The highest BCUT2D eigenvalue weighted by Crippen LogP contribution is 2.25. The second-order valence-electron chi connectivity index (χ2n) is 5.40. The molecular weight excluding hydrogens is 272 g/mol. The van der Waals surface area contributed by atoms with Gasteiger partial charge in [-0.15, -0.1) is 0 Å². The number of hydrogen-bond donors (Lipinski definition) is 1. The molecular formula is C15H18N2O2S. The maximum atomic E-state index is 11.5. The van der Waals surface area contributed by atoms with Gasteiger partial charge in [0.05, 0.1) is 17.0 Å². The Hall–Kier alpha value is -1.62. The third-order valence-electron chi connectivity index (χ3n) is 3.76. The van der Waals surface area contributed by atoms with Gasteiger partial charge in [0.1, 0.15) is 9.84 Å². The van der Waals surface area contributed by atoms with E-state index < -0.39 is 9.84 Å². The number of anilines is 1. The van der Waals surface area contributed by atoms with Crippen LogP contribution in [0, 0.1) is 6.92 Å². The highest BCUT2D eigenvalue weighted by atomic mass is 32.2. The molecule has 2 aromatic rings. The minimum Gasteiger partial charge on any atom is -0.382 e. The van der Waals surface area contributed by atoms with E-state index in [9.17, 15) is 8.42 Å². The highest BCUT2D eigenvalue weighted by Gasteiger charge is 2.23. The number of nitrogens with zero attached hydrogens (tertiary/aromatic N) is 1. The maximum Gasteiger partial charge on any atom is 0.150 e. The van der Waals surface area contributed by atoms with Gasteiger partial charge in [-0.3, -0.25) is 4.98 Å². The monoisotopic (exact) mass is 290 g/mol. The quantitative estimate of drug-likeness (QED) is 0.923. The van der Waals surface area contributed by atoms with Crippen molar-refractivity contribution in [3.63, 3.8) is 0 Å². The standard InChI is InChI=1S/C15H18N2O2S/c1-11-10-15(13-4-2-3-5-14(13)16-11)17-12-6-8-20(18,19)9-7-12/h2-5,10,12H,6-9H2,1H3,(H,16,17). The lowest BCUT2D eigenvalue weighted by atomic mass is 10.1. The SMILES string of the molecule is Cc1cc(NC2CCS(=O)(=O)CC2)c2ccccc2n1. The van der Waals surface area contributed by atoms with Gasteiger partial charge in [-0.1, -0.05) is 18.2 Å². The molecule has 0 unspecified atom stereocenters. The summed E-state index contributed by atoms with van der Waals surface area (Å²) in [6.45, 7) is 1.98. The van der Waals surface area contributed by atoms with Crippen LogP contribution in [-0.4, -0.2) is 30.9 Å². The van der Waals surface area contributed by atoms with Gasteiger partial charge < -0.3 is 5.32 Å². The third-order valence-corrected chi connectivity index (χ3v) is 5.47. The largest absolute Gasteiger partial charge is 0.382 e. The van der Waals surface area contributed by atoms with E-state index in [2.05, 4.69) is 10.3 Å². The van der Waals surface area contributed by atoms with Gasteiger partial charge in [-0.05, 0) is 31.9 Å². The van der Waals surface area contributed by atoms with Crippen molar-refractivity contribution in [3.8, 4) is 0 Å². The zero-order chi connectivity index (χ0) is 14.2. The Morgan fingerprint density at radius 2 is 1.90 bits per heavy atom. The molecule has 1 aliphatic rings. The Labute approximate surface area is 119 Å². The smallest absolute Gasteiger partial charge is 0.150 e. The van der Waals surface area contributed by atoms with Crippen molar-refractivity contribution in [2.75, 3.05) is 16.8 Å². The number of aromatic nitrogens is 1. The molecule has 0 radical (unpaired) electrons. The first-order valence-electron chi connectivity index (χ1n) is 6.87. The molecule has 1 fully saturated rings. The Morgan fingerprint density at radius 3 is 2.65 bits per heavy atom. The summed E-state index contributed by atoms with van der Waals surface area (Å²) in [5, 5.41) is 4.59. The van der Waals surface area contributed by atoms with Gasteiger partial charge in [0.15, 0.2) is 0 Å². The molecule has 2 heterocycles. The van der Waals surface area contributed by atoms with E-state index in [1.165, 1.54) is 0 Å². The van der Waals surface area contributed by atoms with E-state index in [0.29, 0.717) is 12.8 Å². The molecule has 1 aromatic heterocycles. The maximum absolute atomic E-state index is 11.5. The van der Waals surface area contributed by atoms with E-state index in [-0.39, 0.29) is 17.5 Å². The predicted molar refractivity (Wildman–Crippen MR) is 81.8 cm³/mol. The van der Waals surface area contributed by atoms with Crippen molar-refractivity contribution in [2.45, 2.75) is 25.8 Å². The zero-order valence-electron chi connectivity index (χ0n) is 11.5. The van der Waals surface area contributed by atoms with Crippen LogP contribution < -0.4 is 5.32 Å². The lowest BCUT2D eigenvalue weighted by Crippen LogP contribution is -2.32. The summed E-state index contributed by atoms with van der Waals surface area (Å²) < 4.78 is 23.0. The number of pyridine rings is 1. The summed E-state index contributed by atoms with van der Waals surface area (Å²) in [6, 6.07) is 10.3. The van der Waals surface area contributed by atoms with Crippen LogP contribution >= 0.6 is 0 Å². The summed E-state index contributed by atoms with van der Waals surface area (Å²) >= 11 is 0. The van der Waals surface area contributed by atoms with Gasteiger partial charge in [-0.2, -0.15) is 0 Å². The number of aryl methyl sites for hydroxylation is 1. The molecule has 0 atom stereocenters. The second kappa shape index (κ2) is 5.05. The minimum atomic E-state index is -2.81. The summed E-state index contributed by atoms with van der Waals surface area (Å²) in [4.78, 5) is 4.52. The Balaban J connectivity index is 1.88. The van der Waals surface area contributed by atoms with E-state index in [1.807, 2.05) is 37.3 Å². The molecule has 1 aliphatic heterocycles. The molecule has 1 saturated heterocycles. The van der Waals surface area contributed by atoms with Crippen molar-refractivity contribution in [2.24, 2.45) is 0 Å². The van der Waals surface area contributed by atoms with Gasteiger partial charge in [0, 0.05) is 22.8 Å². The van der Waals surface area contributed by atoms with Crippen molar-refractivity contribution >= 4 is 26.4 Å². The van der Waals surface area contributed by atoms with Gasteiger partial charge >= 0.3 is 0 Å². The fourth-order valence-electron chi connectivity index (χ4n) is 2.68. The average Bonchev–Trinajstić information content (AvgIpc) is 2.41. The number of rotatable bonds is 2. The van der Waals surface area contributed by atoms with Crippen LogP contribution in [0.5, 0.6) is 0 Å². The van der Waals surface area contributed by atoms with Crippen LogP contribution in [-0.2, 0) is 9.84 Å². The Bertz CT molecular complexity index is 727. The number of hydrogen-bond acceptors (Lipinski definition) is 4. The molecule has 20 heavy (non-hydrogen) atoms. The third kappa shape index (κ3) is 2.77. The van der Waals surface area contributed by atoms with Crippen molar-refractivity contribution in [1.82, 2.24) is 4.98 Å². The van der Waals surface area contributed by atoms with E-state index in [1.54, 1.807) is 0 Å². The zero-order valence-corrected chi connectivity index (χ0v) is 12.3. The van der Waals surface area contributed by atoms with E-state index in [0.717, 1.165) is 22.3 Å². The normalized spacial score (nSPS) is 19.1. The first-order chi connectivity index (χ1) is 9.53. The van der Waals surface area contributed by atoms with Crippen LogP contribution in [0.1, 0.15) is 18.5 Å². The second-order valence-corrected chi connectivity index (χ2v) is 7.70. The molecule has 0 amide bonds. The molecule has 0 spiro atoms. The van der Waals surface area contributed by atoms with Gasteiger partial charge in [0.2, 0.25) is 0 Å². The van der Waals surface area contributed by atoms with Crippen LogP contribution in [0.3, 0.4) is 0 Å². The number of sulfone groups is 1. The molecule has 1 N–H and O–H groups in total. The van der Waals surface area contributed by atoms with Crippen LogP contribution in [0.25, 0.3) is 10.9 Å². The lowest BCUT2D eigenvalue weighted by Gasteiger charge is -2.24. The molecule has 0 saturated carbocycles. The molecule has 4 nitrogen and oxygen atoms in total. The van der Waals surface area contributed by atoms with Crippen LogP contribution in [0.2, 0.25) is 0 Å². The summed E-state index contributed by atoms with van der Waals surface area (Å²) in [7, 11) is -2.81. The topological polar surface area (TPSA) is 59.1 Å². The molecule has 0 aliphatic carbocycles. The molecule has 106 valence electrons. The molecule has 0 bridgehead atoms. The van der Waals surface area contributed by atoms with Crippen molar-refractivity contribution in [3.05, 3.63) is 36.0 Å². The first-order valence-corrected chi connectivity index (χ1v) is 8.69. The number of para-hydroxylation sites is 1. The molecule has 1 aromatic carbocycles. The number of benzene rings is 1. The minimum absolute atomic E-state index is 0.226. The summed E-state index contributed by atoms with van der Waals surface area (Å²) in [5.74, 6) is 0.569. The molecule has 5 heteroatoms. The summed E-state index contributed by atoms with van der Waals surface area (Å²) in [5.41, 5.74) is 2.99. The van der Waals surface area contributed by atoms with Crippen molar-refractivity contribution in [1.29, 1.82) is 0 Å². The predicted octanol–water partition coefficient (Wildman–Crippen LogP) is 2.53. The summed E-state index contributed by atoms with van der Waals surface area (Å²) in [6.07, 6.45) is 1.36. The lowest BCUT2D eigenvalue weighted by molar-refractivity contribution is 0.560. The Morgan fingerprint density at radius 1 is 1.20 bits per heavy atom. The Kier molecular flexibility index (Phi) is 3.38. The molecule has 3 rings (SSSR count). The van der Waals surface area contributed by atoms with Crippen molar-refractivity contribution < 1.29 is 8.42 Å². The number of nitrogens with one attached hydrogen (secondary N) is 1. The van der Waals surface area contributed by atoms with Crippen LogP contribution in [0.4, 0.5) is 5.69 Å². The fraction of sp³-hybridized carbons (Fsp3) is 0.400. The first kappa shape index (κ1) is 13.4. The van der Waals surface area contributed by atoms with Crippen LogP contribution in [0.15, 0.2) is 30.3 Å². The van der Waals surface area contributed by atoms with Gasteiger partial charge in [0.25, 0.3) is 0 Å². The van der Waals surface area contributed by atoms with E-state index >= 15 is 0 Å². The fourth-order valence-corrected chi connectivity index (χ4v) is 4.17. The van der Waals surface area contributed by atoms with Gasteiger partial charge in [-0.25, -0.2) is 8.42 Å². The number of fused-ring (bicyclic) bond motifs is 1.